The van der Waals surface area contributed by atoms with Crippen molar-refractivity contribution in [3.05, 3.63) is 35.6 Å². The van der Waals surface area contributed by atoms with Crippen LogP contribution in [-0.4, -0.2) is 29.9 Å². The SMILES string of the molecule is NNC(=O)c1oc2ccccc2c1CN1CCC(N)CC1. The highest BCUT2D eigenvalue weighted by Gasteiger charge is 2.23. The molecule has 1 aromatic heterocycles. The van der Waals surface area contributed by atoms with Crippen LogP contribution in [0.3, 0.4) is 0 Å². The summed E-state index contributed by atoms with van der Waals surface area (Å²) < 4.78 is 5.67. The van der Waals surface area contributed by atoms with Crippen LogP contribution in [-0.2, 0) is 6.54 Å². The molecule has 1 amide bonds. The van der Waals surface area contributed by atoms with E-state index in [4.69, 9.17) is 16.0 Å². The number of benzene rings is 1. The maximum absolute atomic E-state index is 11.9. The van der Waals surface area contributed by atoms with Gasteiger partial charge in [-0.2, -0.15) is 0 Å². The first kappa shape index (κ1) is 14.1. The van der Waals surface area contributed by atoms with Crippen LogP contribution in [0.15, 0.2) is 28.7 Å². The number of hydrogen-bond acceptors (Lipinski definition) is 5. The summed E-state index contributed by atoms with van der Waals surface area (Å²) in [7, 11) is 0. The smallest absolute Gasteiger partial charge is 0.301 e. The van der Waals surface area contributed by atoms with E-state index in [1.54, 1.807) is 0 Å². The standard InChI is InChI=1S/C15H20N4O2/c16-10-5-7-19(8-6-10)9-12-11-3-1-2-4-13(11)21-14(12)15(20)18-17/h1-4,10H,5-9,16-17H2,(H,18,20). The Morgan fingerprint density at radius 1 is 1.33 bits per heavy atom. The van der Waals surface area contributed by atoms with E-state index in [1.807, 2.05) is 24.3 Å². The average molecular weight is 288 g/mol. The summed E-state index contributed by atoms with van der Waals surface area (Å²) in [6.07, 6.45) is 1.96. The summed E-state index contributed by atoms with van der Waals surface area (Å²) in [6, 6.07) is 7.95. The van der Waals surface area contributed by atoms with E-state index in [0.29, 0.717) is 17.9 Å². The molecule has 6 nitrogen and oxygen atoms in total. The maximum atomic E-state index is 11.9. The van der Waals surface area contributed by atoms with Crippen LogP contribution in [0.5, 0.6) is 0 Å². The number of carbonyl (C=O) groups is 1. The van der Waals surface area contributed by atoms with Gasteiger partial charge in [0.1, 0.15) is 5.58 Å². The number of furan rings is 1. The highest BCUT2D eigenvalue weighted by molar-refractivity contribution is 5.98. The van der Waals surface area contributed by atoms with Gasteiger partial charge in [0, 0.05) is 23.5 Å². The zero-order valence-corrected chi connectivity index (χ0v) is 11.8. The molecule has 1 aromatic carbocycles. The fourth-order valence-corrected chi connectivity index (χ4v) is 2.84. The molecule has 0 saturated carbocycles. The topological polar surface area (TPSA) is 97.5 Å². The highest BCUT2D eigenvalue weighted by atomic mass is 16.3. The summed E-state index contributed by atoms with van der Waals surface area (Å²) in [5, 5.41) is 0.964. The van der Waals surface area contributed by atoms with Crippen molar-refractivity contribution in [2.45, 2.75) is 25.4 Å². The Morgan fingerprint density at radius 2 is 2.05 bits per heavy atom. The highest BCUT2D eigenvalue weighted by Crippen LogP contribution is 2.27. The number of hydrazine groups is 1. The number of para-hydroxylation sites is 1. The van der Waals surface area contributed by atoms with E-state index in [-0.39, 0.29) is 6.04 Å². The number of nitrogens with one attached hydrogen (secondary N) is 1. The second kappa shape index (κ2) is 5.85. The van der Waals surface area contributed by atoms with Crippen LogP contribution in [0, 0.1) is 0 Å². The lowest BCUT2D eigenvalue weighted by atomic mass is 10.0. The third-order valence-corrected chi connectivity index (χ3v) is 4.05. The van der Waals surface area contributed by atoms with Crippen LogP contribution in [0.4, 0.5) is 0 Å². The van der Waals surface area contributed by atoms with Crippen LogP contribution >= 0.6 is 0 Å². The molecule has 0 bridgehead atoms. The number of likely N-dealkylation sites (tertiary alicyclic amines) is 1. The molecule has 21 heavy (non-hydrogen) atoms. The first-order valence-electron chi connectivity index (χ1n) is 7.18. The van der Waals surface area contributed by atoms with Gasteiger partial charge in [-0.3, -0.25) is 15.1 Å². The van der Waals surface area contributed by atoms with Crippen molar-refractivity contribution < 1.29 is 9.21 Å². The minimum absolute atomic E-state index is 0.286. The minimum atomic E-state index is -0.394. The monoisotopic (exact) mass is 288 g/mol. The van der Waals surface area contributed by atoms with Gasteiger partial charge in [0.15, 0.2) is 5.76 Å². The van der Waals surface area contributed by atoms with E-state index in [0.717, 1.165) is 36.9 Å². The number of hydrogen-bond donors (Lipinski definition) is 3. The molecule has 0 atom stereocenters. The molecule has 6 heteroatoms. The minimum Gasteiger partial charge on any atom is -0.451 e. The van der Waals surface area contributed by atoms with Crippen molar-refractivity contribution in [3.63, 3.8) is 0 Å². The number of piperidine rings is 1. The zero-order valence-electron chi connectivity index (χ0n) is 11.8. The molecule has 112 valence electrons. The third kappa shape index (κ3) is 2.78. The molecule has 1 saturated heterocycles. The van der Waals surface area contributed by atoms with Gasteiger partial charge < -0.3 is 10.2 Å². The summed E-state index contributed by atoms with van der Waals surface area (Å²) in [5.74, 6) is 5.16. The Hall–Kier alpha value is -1.89. The summed E-state index contributed by atoms with van der Waals surface area (Å²) in [5.41, 5.74) is 9.69. The molecule has 0 radical (unpaired) electrons. The second-order valence-corrected chi connectivity index (χ2v) is 5.49. The van der Waals surface area contributed by atoms with Crippen molar-refractivity contribution in [3.8, 4) is 0 Å². The van der Waals surface area contributed by atoms with Gasteiger partial charge in [-0.05, 0) is 32.0 Å². The Bertz CT molecular complexity index is 644. The van der Waals surface area contributed by atoms with Gasteiger partial charge in [0.05, 0.1) is 0 Å². The lowest BCUT2D eigenvalue weighted by molar-refractivity contribution is 0.0924. The fourth-order valence-electron chi connectivity index (χ4n) is 2.84. The maximum Gasteiger partial charge on any atom is 0.301 e. The summed E-state index contributed by atoms with van der Waals surface area (Å²) >= 11 is 0. The van der Waals surface area contributed by atoms with E-state index < -0.39 is 5.91 Å². The first-order chi connectivity index (χ1) is 10.2. The Labute approximate surface area is 123 Å². The van der Waals surface area contributed by atoms with Crippen molar-refractivity contribution in [2.24, 2.45) is 11.6 Å². The van der Waals surface area contributed by atoms with Gasteiger partial charge in [0.25, 0.3) is 0 Å². The molecular weight excluding hydrogens is 268 g/mol. The second-order valence-electron chi connectivity index (χ2n) is 5.49. The van der Waals surface area contributed by atoms with Gasteiger partial charge >= 0.3 is 5.91 Å². The van der Waals surface area contributed by atoms with E-state index >= 15 is 0 Å². The number of nitrogens with zero attached hydrogens (tertiary/aromatic N) is 1. The molecule has 3 rings (SSSR count). The fraction of sp³-hybridized carbons (Fsp3) is 0.400. The third-order valence-electron chi connectivity index (χ3n) is 4.05. The van der Waals surface area contributed by atoms with Crippen LogP contribution in [0.1, 0.15) is 29.0 Å². The van der Waals surface area contributed by atoms with Crippen molar-refractivity contribution in [1.29, 1.82) is 0 Å². The number of fused-ring (bicyclic) bond motifs is 1. The van der Waals surface area contributed by atoms with Crippen molar-refractivity contribution in [2.75, 3.05) is 13.1 Å². The number of nitrogens with two attached hydrogens (primary N) is 2. The molecule has 1 aliphatic rings. The molecule has 2 aromatic rings. The number of carbonyl (C=O) groups excluding carboxylic acids is 1. The van der Waals surface area contributed by atoms with Crippen LogP contribution in [0.25, 0.3) is 11.0 Å². The predicted octanol–water partition coefficient (Wildman–Crippen LogP) is 0.959. The largest absolute Gasteiger partial charge is 0.451 e. The normalized spacial score (nSPS) is 17.2. The molecule has 0 spiro atoms. The van der Waals surface area contributed by atoms with Gasteiger partial charge in [-0.1, -0.05) is 18.2 Å². The molecule has 0 unspecified atom stereocenters. The lowest BCUT2D eigenvalue weighted by Crippen LogP contribution is -2.39. The van der Waals surface area contributed by atoms with Gasteiger partial charge in [-0.25, -0.2) is 5.84 Å². The number of rotatable bonds is 3. The van der Waals surface area contributed by atoms with Gasteiger partial charge in [0.2, 0.25) is 0 Å². The van der Waals surface area contributed by atoms with Crippen LogP contribution < -0.4 is 17.0 Å². The number of amides is 1. The quantitative estimate of drug-likeness (QED) is 0.444. The van der Waals surface area contributed by atoms with Crippen molar-refractivity contribution >= 4 is 16.9 Å². The first-order valence-corrected chi connectivity index (χ1v) is 7.18. The summed E-state index contributed by atoms with van der Waals surface area (Å²) in [6.45, 7) is 2.54. The van der Waals surface area contributed by atoms with Gasteiger partial charge in [-0.15, -0.1) is 0 Å². The number of nitrogen functional groups attached to an aromatic ring is 1. The van der Waals surface area contributed by atoms with Crippen molar-refractivity contribution in [1.82, 2.24) is 10.3 Å². The Balaban J connectivity index is 1.93. The molecule has 2 heterocycles. The van der Waals surface area contributed by atoms with E-state index in [2.05, 4.69) is 10.3 Å². The molecule has 1 aliphatic heterocycles. The Morgan fingerprint density at radius 3 is 2.76 bits per heavy atom. The zero-order chi connectivity index (χ0) is 14.8. The summed E-state index contributed by atoms with van der Waals surface area (Å²) in [4.78, 5) is 14.2. The molecule has 1 fully saturated rings. The predicted molar refractivity (Wildman–Crippen MR) is 80.4 cm³/mol. The average Bonchev–Trinajstić information content (AvgIpc) is 2.88. The molecule has 0 aliphatic carbocycles. The van der Waals surface area contributed by atoms with Crippen LogP contribution in [0.2, 0.25) is 0 Å². The van der Waals surface area contributed by atoms with E-state index in [1.165, 1.54) is 0 Å². The van der Waals surface area contributed by atoms with E-state index in [9.17, 15) is 4.79 Å². The Kier molecular flexibility index (Phi) is 3.92. The molecule has 5 N–H and O–H groups in total. The molecular formula is C15H20N4O2. The lowest BCUT2D eigenvalue weighted by Gasteiger charge is -2.29.